The van der Waals surface area contributed by atoms with Crippen molar-refractivity contribution in [1.29, 1.82) is 0 Å². The molecule has 2 nitrogen and oxygen atoms in total. The van der Waals surface area contributed by atoms with Gasteiger partial charge in [-0.3, -0.25) is 0 Å². The highest BCUT2D eigenvalue weighted by Gasteiger charge is 2.33. The summed E-state index contributed by atoms with van der Waals surface area (Å²) in [6.07, 6.45) is -4.58. The molecule has 106 valence electrons. The van der Waals surface area contributed by atoms with Gasteiger partial charge in [-0.1, -0.05) is 17.7 Å². The van der Waals surface area contributed by atoms with Crippen LogP contribution in [0.25, 0.3) is 0 Å². The maximum Gasteiger partial charge on any atom is 0.418 e. The van der Waals surface area contributed by atoms with E-state index in [1.54, 1.807) is 0 Å². The van der Waals surface area contributed by atoms with Crippen LogP contribution in [0.3, 0.4) is 0 Å². The normalized spacial score (nSPS) is 11.4. The van der Waals surface area contributed by atoms with Gasteiger partial charge in [0.2, 0.25) is 0 Å². The van der Waals surface area contributed by atoms with Crippen LogP contribution in [0.5, 0.6) is 0 Å². The first kappa shape index (κ1) is 14.5. The van der Waals surface area contributed by atoms with Crippen molar-refractivity contribution < 1.29 is 17.6 Å². The minimum absolute atomic E-state index is 0.0403. The number of benzene rings is 2. The second kappa shape index (κ2) is 5.20. The number of anilines is 3. The summed E-state index contributed by atoms with van der Waals surface area (Å²) >= 11 is 5.79. The summed E-state index contributed by atoms with van der Waals surface area (Å²) in [7, 11) is 0. The molecule has 2 aromatic carbocycles. The molecule has 7 heteroatoms. The maximum atomic E-state index is 13.6. The van der Waals surface area contributed by atoms with Crippen molar-refractivity contribution in [3.63, 3.8) is 0 Å². The third-order valence-corrected chi connectivity index (χ3v) is 2.91. The number of hydrogen-bond donors (Lipinski definition) is 2. The van der Waals surface area contributed by atoms with Crippen LogP contribution in [-0.2, 0) is 6.18 Å². The Kier molecular flexibility index (Phi) is 3.76. The second-order valence-electron chi connectivity index (χ2n) is 4.02. The minimum Gasteiger partial charge on any atom is -0.398 e. The molecular weight excluding hydrogens is 296 g/mol. The van der Waals surface area contributed by atoms with Crippen LogP contribution in [0, 0.1) is 5.82 Å². The average Bonchev–Trinajstić information content (AvgIpc) is 2.34. The molecule has 2 aromatic rings. The van der Waals surface area contributed by atoms with Crippen molar-refractivity contribution in [2.24, 2.45) is 0 Å². The van der Waals surface area contributed by atoms with Gasteiger partial charge in [0.1, 0.15) is 5.82 Å². The Bertz CT molecular complexity index is 621. The number of alkyl halides is 3. The quantitative estimate of drug-likeness (QED) is 0.616. The van der Waals surface area contributed by atoms with Crippen LogP contribution in [0.2, 0.25) is 5.02 Å². The molecule has 0 bridgehead atoms. The van der Waals surface area contributed by atoms with Crippen molar-refractivity contribution in [2.45, 2.75) is 6.18 Å². The van der Waals surface area contributed by atoms with Crippen molar-refractivity contribution in [2.75, 3.05) is 11.1 Å². The van der Waals surface area contributed by atoms with Gasteiger partial charge in [0.05, 0.1) is 16.3 Å². The van der Waals surface area contributed by atoms with Gasteiger partial charge in [0, 0.05) is 11.4 Å². The van der Waals surface area contributed by atoms with Gasteiger partial charge in [0.15, 0.2) is 0 Å². The fraction of sp³-hybridized carbons (Fsp3) is 0.0769. The molecular formula is C13H9ClF4N2. The topological polar surface area (TPSA) is 38.0 Å². The molecule has 3 N–H and O–H groups in total. The lowest BCUT2D eigenvalue weighted by Gasteiger charge is -2.14. The van der Waals surface area contributed by atoms with E-state index >= 15 is 0 Å². The van der Waals surface area contributed by atoms with Gasteiger partial charge in [-0.15, -0.1) is 0 Å². The Hall–Kier alpha value is -1.95. The second-order valence-corrected chi connectivity index (χ2v) is 4.43. The Morgan fingerprint density at radius 1 is 1.10 bits per heavy atom. The molecule has 0 aliphatic carbocycles. The number of rotatable bonds is 2. The van der Waals surface area contributed by atoms with E-state index in [0.29, 0.717) is 0 Å². The molecule has 2 rings (SSSR count). The van der Waals surface area contributed by atoms with Gasteiger partial charge in [-0.05, 0) is 30.3 Å². The molecule has 0 amide bonds. The van der Waals surface area contributed by atoms with E-state index in [1.165, 1.54) is 18.2 Å². The molecule has 0 atom stereocenters. The van der Waals surface area contributed by atoms with E-state index in [4.69, 9.17) is 17.3 Å². The molecule has 0 saturated carbocycles. The Labute approximate surface area is 117 Å². The lowest BCUT2D eigenvalue weighted by molar-refractivity contribution is -0.136. The van der Waals surface area contributed by atoms with Crippen LogP contribution in [0.15, 0.2) is 36.4 Å². The lowest BCUT2D eigenvalue weighted by Crippen LogP contribution is -2.09. The zero-order chi connectivity index (χ0) is 14.9. The third-order valence-electron chi connectivity index (χ3n) is 2.59. The first-order valence-corrected chi connectivity index (χ1v) is 5.84. The molecule has 0 fully saturated rings. The van der Waals surface area contributed by atoms with Gasteiger partial charge >= 0.3 is 6.18 Å². The first-order chi connectivity index (χ1) is 9.29. The summed E-state index contributed by atoms with van der Waals surface area (Å²) in [5, 5.41) is 2.58. The van der Waals surface area contributed by atoms with Crippen LogP contribution in [-0.4, -0.2) is 0 Å². The van der Waals surface area contributed by atoms with Gasteiger partial charge in [-0.25, -0.2) is 4.39 Å². The Morgan fingerprint density at radius 2 is 1.80 bits per heavy atom. The summed E-state index contributed by atoms with van der Waals surface area (Å²) < 4.78 is 51.7. The molecule has 20 heavy (non-hydrogen) atoms. The SMILES string of the molecule is Nc1ccc(Nc2c(F)cccc2Cl)cc1C(F)(F)F. The molecule has 0 aliphatic rings. The summed E-state index contributed by atoms with van der Waals surface area (Å²) in [4.78, 5) is 0. The fourth-order valence-electron chi connectivity index (χ4n) is 1.64. The summed E-state index contributed by atoms with van der Waals surface area (Å²) in [6, 6.07) is 7.18. The van der Waals surface area contributed by atoms with Crippen molar-refractivity contribution >= 4 is 28.7 Å². The van der Waals surface area contributed by atoms with E-state index in [1.807, 2.05) is 0 Å². The number of nitrogens with one attached hydrogen (secondary N) is 1. The molecule has 0 radical (unpaired) electrons. The smallest absolute Gasteiger partial charge is 0.398 e. The highest BCUT2D eigenvalue weighted by Crippen LogP contribution is 2.36. The number of nitrogens with two attached hydrogens (primary N) is 1. The molecule has 0 aromatic heterocycles. The number of hydrogen-bond acceptors (Lipinski definition) is 2. The summed E-state index contributed by atoms with van der Waals surface area (Å²) in [5.41, 5.74) is 3.84. The van der Waals surface area contributed by atoms with Crippen LogP contribution in [0.1, 0.15) is 5.56 Å². The Morgan fingerprint density at radius 3 is 2.40 bits per heavy atom. The van der Waals surface area contributed by atoms with Crippen molar-refractivity contribution in [3.8, 4) is 0 Å². The van der Waals surface area contributed by atoms with Gasteiger partial charge in [0.25, 0.3) is 0 Å². The lowest BCUT2D eigenvalue weighted by atomic mass is 10.1. The van der Waals surface area contributed by atoms with Crippen LogP contribution >= 0.6 is 11.6 Å². The zero-order valence-electron chi connectivity index (χ0n) is 9.93. The largest absolute Gasteiger partial charge is 0.418 e. The van der Waals surface area contributed by atoms with E-state index in [9.17, 15) is 17.6 Å². The molecule has 0 unspecified atom stereocenters. The Balaban J connectivity index is 2.40. The minimum atomic E-state index is -4.58. The van der Waals surface area contributed by atoms with Crippen LogP contribution in [0.4, 0.5) is 34.6 Å². The third kappa shape index (κ3) is 2.96. The van der Waals surface area contributed by atoms with E-state index in [2.05, 4.69) is 5.32 Å². The van der Waals surface area contributed by atoms with E-state index in [0.717, 1.165) is 18.2 Å². The standard InChI is InChI=1S/C13H9ClF4N2/c14-9-2-1-3-10(15)12(9)20-7-4-5-11(19)8(6-7)13(16,17)18/h1-6,20H,19H2. The highest BCUT2D eigenvalue weighted by atomic mass is 35.5. The molecule has 0 saturated heterocycles. The van der Waals surface area contributed by atoms with Crippen LogP contribution < -0.4 is 11.1 Å². The van der Waals surface area contributed by atoms with Crippen molar-refractivity contribution in [3.05, 3.63) is 52.8 Å². The molecule has 0 heterocycles. The zero-order valence-corrected chi connectivity index (χ0v) is 10.7. The average molecular weight is 305 g/mol. The van der Waals surface area contributed by atoms with Gasteiger partial charge in [-0.2, -0.15) is 13.2 Å². The summed E-state index contributed by atoms with van der Waals surface area (Å²) in [6.45, 7) is 0. The highest BCUT2D eigenvalue weighted by molar-refractivity contribution is 6.33. The van der Waals surface area contributed by atoms with E-state index in [-0.39, 0.29) is 16.4 Å². The monoisotopic (exact) mass is 304 g/mol. The molecule has 0 aliphatic heterocycles. The van der Waals surface area contributed by atoms with E-state index < -0.39 is 23.2 Å². The number of nitrogen functional groups attached to an aromatic ring is 1. The predicted octanol–water partition coefficient (Wildman–Crippen LogP) is 4.82. The molecule has 0 spiro atoms. The first-order valence-electron chi connectivity index (χ1n) is 5.47. The van der Waals surface area contributed by atoms with Crippen molar-refractivity contribution in [1.82, 2.24) is 0 Å². The maximum absolute atomic E-state index is 13.6. The number of halogens is 5. The summed E-state index contributed by atoms with van der Waals surface area (Å²) in [5.74, 6) is -0.664. The van der Waals surface area contributed by atoms with Gasteiger partial charge < -0.3 is 11.1 Å². The fourth-order valence-corrected chi connectivity index (χ4v) is 1.85. The predicted molar refractivity (Wildman–Crippen MR) is 70.5 cm³/mol. The number of para-hydroxylation sites is 1.